The lowest BCUT2D eigenvalue weighted by Gasteiger charge is -2.31. The predicted molar refractivity (Wildman–Crippen MR) is 113 cm³/mol. The topological polar surface area (TPSA) is 66.4 Å². The SMILES string of the molecule is C[C@H]([C@H](C(=O)Nc1cc(CCC(=O)O)ccc1Cl)C1C=CC(C2CC2(F)F)=CC1)C(F)(F)F. The van der Waals surface area contributed by atoms with Crippen LogP contribution < -0.4 is 5.32 Å². The molecule has 1 saturated carbocycles. The number of hydrogen-bond acceptors (Lipinski definition) is 2. The third-order valence-electron chi connectivity index (χ3n) is 6.13. The number of alkyl halides is 5. The largest absolute Gasteiger partial charge is 0.481 e. The molecular weight excluding hydrogens is 469 g/mol. The number of aryl methyl sites for hydroxylation is 1. The molecule has 1 fully saturated rings. The van der Waals surface area contributed by atoms with Crippen molar-refractivity contribution >= 4 is 29.2 Å². The van der Waals surface area contributed by atoms with Gasteiger partial charge < -0.3 is 10.4 Å². The van der Waals surface area contributed by atoms with E-state index in [2.05, 4.69) is 5.32 Å². The molecule has 4 nitrogen and oxygen atoms in total. The van der Waals surface area contributed by atoms with E-state index in [0.717, 1.165) is 6.92 Å². The summed E-state index contributed by atoms with van der Waals surface area (Å²) in [7, 11) is 0. The van der Waals surface area contributed by atoms with Crippen molar-refractivity contribution in [1.82, 2.24) is 0 Å². The zero-order valence-corrected chi connectivity index (χ0v) is 18.4. The first-order chi connectivity index (χ1) is 15.3. The molecule has 180 valence electrons. The van der Waals surface area contributed by atoms with Crippen LogP contribution >= 0.6 is 11.6 Å². The first-order valence-electron chi connectivity index (χ1n) is 10.4. The van der Waals surface area contributed by atoms with Crippen molar-refractivity contribution in [3.63, 3.8) is 0 Å². The van der Waals surface area contributed by atoms with Crippen LogP contribution in [0, 0.1) is 23.7 Å². The summed E-state index contributed by atoms with van der Waals surface area (Å²) < 4.78 is 67.4. The smallest absolute Gasteiger partial charge is 0.392 e. The normalized spacial score (nSPS) is 23.4. The van der Waals surface area contributed by atoms with Gasteiger partial charge in [-0.05, 0) is 42.0 Å². The molecule has 2 aliphatic rings. The Balaban J connectivity index is 1.79. The van der Waals surface area contributed by atoms with Gasteiger partial charge in [-0.2, -0.15) is 13.2 Å². The van der Waals surface area contributed by atoms with E-state index in [4.69, 9.17) is 16.7 Å². The molecule has 33 heavy (non-hydrogen) atoms. The highest BCUT2D eigenvalue weighted by Crippen LogP contribution is 2.54. The quantitative estimate of drug-likeness (QED) is 0.421. The van der Waals surface area contributed by atoms with Gasteiger partial charge in [0.25, 0.3) is 5.92 Å². The van der Waals surface area contributed by atoms with E-state index in [0.29, 0.717) is 11.1 Å². The summed E-state index contributed by atoms with van der Waals surface area (Å²) in [5.41, 5.74) is 1.01. The Bertz CT molecular complexity index is 989. The number of carbonyl (C=O) groups is 2. The van der Waals surface area contributed by atoms with Crippen LogP contribution in [-0.4, -0.2) is 29.1 Å². The first-order valence-corrected chi connectivity index (χ1v) is 10.8. The third kappa shape index (κ3) is 6.13. The maximum absolute atomic E-state index is 13.6. The fourth-order valence-electron chi connectivity index (χ4n) is 4.04. The Labute approximate surface area is 192 Å². The minimum absolute atomic E-state index is 0.0311. The molecule has 0 aliphatic heterocycles. The fourth-order valence-corrected chi connectivity index (χ4v) is 4.20. The highest BCUT2D eigenvalue weighted by Gasteiger charge is 2.58. The third-order valence-corrected chi connectivity index (χ3v) is 6.45. The van der Waals surface area contributed by atoms with Crippen LogP contribution in [0.2, 0.25) is 5.02 Å². The summed E-state index contributed by atoms with van der Waals surface area (Å²) in [4.78, 5) is 23.8. The van der Waals surface area contributed by atoms with Crippen LogP contribution in [-0.2, 0) is 16.0 Å². The number of hydrogen-bond donors (Lipinski definition) is 2. The molecule has 1 aromatic carbocycles. The number of allylic oxidation sites excluding steroid dienone is 4. The minimum atomic E-state index is -4.66. The molecule has 0 saturated heterocycles. The van der Waals surface area contributed by atoms with Gasteiger partial charge in [0.15, 0.2) is 0 Å². The van der Waals surface area contributed by atoms with Crippen molar-refractivity contribution in [1.29, 1.82) is 0 Å². The van der Waals surface area contributed by atoms with Crippen LogP contribution in [0.25, 0.3) is 0 Å². The fraction of sp³-hybridized carbons (Fsp3) is 0.478. The highest BCUT2D eigenvalue weighted by molar-refractivity contribution is 6.33. The van der Waals surface area contributed by atoms with Gasteiger partial charge in [-0.1, -0.05) is 42.8 Å². The van der Waals surface area contributed by atoms with Crippen molar-refractivity contribution in [2.45, 2.75) is 44.7 Å². The number of halogens is 6. The Kier molecular flexibility index (Phi) is 7.21. The number of amides is 1. The average molecular weight is 492 g/mol. The maximum Gasteiger partial charge on any atom is 0.392 e. The summed E-state index contributed by atoms with van der Waals surface area (Å²) in [6, 6.07) is 4.44. The van der Waals surface area contributed by atoms with E-state index >= 15 is 0 Å². The molecule has 10 heteroatoms. The Morgan fingerprint density at radius 1 is 1.30 bits per heavy atom. The van der Waals surface area contributed by atoms with Crippen LogP contribution in [0.1, 0.15) is 31.7 Å². The molecule has 4 atom stereocenters. The van der Waals surface area contributed by atoms with Crippen LogP contribution in [0.3, 0.4) is 0 Å². The maximum atomic E-state index is 13.6. The molecule has 0 radical (unpaired) electrons. The molecule has 1 aromatic rings. The standard InChI is InChI=1S/C23H23ClF5NO3/c1-12(23(27,28)29)20(15-6-4-14(5-7-15)16-11-22(16,25)26)21(33)30-18-10-13(2-8-17(18)24)3-9-19(31)32/h2,4-6,8,10,12,15-16,20H,3,7,9,11H2,1H3,(H,30,33)(H,31,32)/t12-,15?,16?,20+/m1/s1. The number of anilines is 1. The molecule has 0 aromatic heterocycles. The van der Waals surface area contributed by atoms with Crippen molar-refractivity contribution in [3.8, 4) is 0 Å². The number of carbonyl (C=O) groups excluding carboxylic acids is 1. The number of benzene rings is 1. The van der Waals surface area contributed by atoms with E-state index in [-0.39, 0.29) is 36.4 Å². The van der Waals surface area contributed by atoms with Gasteiger partial charge in [0.05, 0.1) is 28.5 Å². The molecular formula is C23H23ClF5NO3. The second-order valence-corrected chi connectivity index (χ2v) is 8.94. The first kappa shape index (κ1) is 25.2. The van der Waals surface area contributed by atoms with Crippen LogP contribution in [0.15, 0.2) is 42.0 Å². The Morgan fingerprint density at radius 2 is 1.97 bits per heavy atom. The summed E-state index contributed by atoms with van der Waals surface area (Å²) in [6.45, 7) is 0.914. The minimum Gasteiger partial charge on any atom is -0.481 e. The summed E-state index contributed by atoms with van der Waals surface area (Å²) in [5.74, 6) is -9.99. The molecule has 0 spiro atoms. The van der Waals surface area contributed by atoms with E-state index in [1.54, 1.807) is 6.07 Å². The average Bonchev–Trinajstić information content (AvgIpc) is 3.36. The van der Waals surface area contributed by atoms with Gasteiger partial charge in [-0.25, -0.2) is 8.78 Å². The lowest BCUT2D eigenvalue weighted by atomic mass is 9.77. The predicted octanol–water partition coefficient (Wildman–Crippen LogP) is 6.27. The molecule has 1 amide bonds. The van der Waals surface area contributed by atoms with E-state index < -0.39 is 47.6 Å². The van der Waals surface area contributed by atoms with E-state index in [9.17, 15) is 31.5 Å². The van der Waals surface area contributed by atoms with Crippen molar-refractivity contribution in [2.75, 3.05) is 5.32 Å². The molecule has 2 N–H and O–H groups in total. The summed E-state index contributed by atoms with van der Waals surface area (Å²) >= 11 is 6.10. The monoisotopic (exact) mass is 491 g/mol. The molecule has 2 unspecified atom stereocenters. The van der Waals surface area contributed by atoms with Gasteiger partial charge in [0.1, 0.15) is 0 Å². The lowest BCUT2D eigenvalue weighted by Crippen LogP contribution is -2.40. The van der Waals surface area contributed by atoms with Crippen molar-refractivity contribution in [3.05, 3.63) is 52.6 Å². The van der Waals surface area contributed by atoms with Gasteiger partial charge >= 0.3 is 12.1 Å². The molecule has 3 rings (SSSR count). The van der Waals surface area contributed by atoms with Gasteiger partial charge in [0.2, 0.25) is 5.91 Å². The van der Waals surface area contributed by atoms with E-state index in [1.165, 1.54) is 30.4 Å². The summed E-state index contributed by atoms with van der Waals surface area (Å²) in [6.07, 6.45) is -0.636. The Morgan fingerprint density at radius 3 is 2.48 bits per heavy atom. The van der Waals surface area contributed by atoms with Crippen LogP contribution in [0.5, 0.6) is 0 Å². The number of carboxylic acid groups (broad SMARTS) is 1. The van der Waals surface area contributed by atoms with Gasteiger partial charge in [-0.15, -0.1) is 0 Å². The molecule has 0 bridgehead atoms. The zero-order valence-electron chi connectivity index (χ0n) is 17.6. The van der Waals surface area contributed by atoms with Crippen molar-refractivity contribution < 1.29 is 36.6 Å². The zero-order chi connectivity index (χ0) is 24.6. The second kappa shape index (κ2) is 9.44. The molecule has 2 aliphatic carbocycles. The number of carboxylic acids is 1. The van der Waals surface area contributed by atoms with E-state index in [1.807, 2.05) is 0 Å². The summed E-state index contributed by atoms with van der Waals surface area (Å²) in [5, 5.41) is 11.4. The highest BCUT2D eigenvalue weighted by atomic mass is 35.5. The molecule has 0 heterocycles. The van der Waals surface area contributed by atoms with Gasteiger partial charge in [0, 0.05) is 12.8 Å². The Hall–Kier alpha value is -2.42. The van der Waals surface area contributed by atoms with Crippen LogP contribution in [0.4, 0.5) is 27.6 Å². The van der Waals surface area contributed by atoms with Gasteiger partial charge in [-0.3, -0.25) is 9.59 Å². The second-order valence-electron chi connectivity index (χ2n) is 8.53. The number of rotatable bonds is 8. The van der Waals surface area contributed by atoms with Crippen molar-refractivity contribution in [2.24, 2.45) is 23.7 Å². The lowest BCUT2D eigenvalue weighted by molar-refractivity contribution is -0.188. The number of aliphatic carboxylic acids is 1. The number of nitrogens with one attached hydrogen (secondary N) is 1.